The number of aliphatic hydroxyl groups is 1. The van der Waals surface area contributed by atoms with Crippen LogP contribution in [0, 0.1) is 0 Å². The van der Waals surface area contributed by atoms with E-state index < -0.39 is 6.61 Å². The summed E-state index contributed by atoms with van der Waals surface area (Å²) < 4.78 is 28.5. The van der Waals surface area contributed by atoms with Gasteiger partial charge in [0.1, 0.15) is 5.75 Å². The minimum atomic E-state index is -2.87. The molecular formula is C8H7BrF2O2. The highest BCUT2D eigenvalue weighted by molar-refractivity contribution is 9.10. The summed E-state index contributed by atoms with van der Waals surface area (Å²) in [6, 6.07) is 4.47. The predicted molar refractivity (Wildman–Crippen MR) is 46.7 cm³/mol. The van der Waals surface area contributed by atoms with Crippen molar-refractivity contribution < 1.29 is 18.6 Å². The van der Waals surface area contributed by atoms with Crippen molar-refractivity contribution in [1.29, 1.82) is 0 Å². The summed E-state index contributed by atoms with van der Waals surface area (Å²) in [7, 11) is 0. The third kappa shape index (κ3) is 2.93. The quantitative estimate of drug-likeness (QED) is 0.896. The van der Waals surface area contributed by atoms with Gasteiger partial charge in [-0.05, 0) is 18.2 Å². The average Bonchev–Trinajstić information content (AvgIpc) is 2.07. The van der Waals surface area contributed by atoms with Crippen LogP contribution in [0.2, 0.25) is 0 Å². The van der Waals surface area contributed by atoms with Crippen molar-refractivity contribution in [3.8, 4) is 5.75 Å². The standard InChI is InChI=1S/C8H7BrF2O2/c9-6-1-2-7(13-8(10)11)5(3-6)4-12/h1-3,8,12H,4H2. The van der Waals surface area contributed by atoms with Gasteiger partial charge in [0.05, 0.1) is 6.61 Å². The first-order chi connectivity index (χ1) is 6.13. The van der Waals surface area contributed by atoms with Gasteiger partial charge < -0.3 is 9.84 Å². The number of alkyl halides is 2. The van der Waals surface area contributed by atoms with Crippen molar-refractivity contribution in [2.45, 2.75) is 13.2 Å². The van der Waals surface area contributed by atoms with Gasteiger partial charge in [0.25, 0.3) is 0 Å². The Morgan fingerprint density at radius 3 is 2.69 bits per heavy atom. The molecule has 0 bridgehead atoms. The number of hydrogen-bond acceptors (Lipinski definition) is 2. The fourth-order valence-electron chi connectivity index (χ4n) is 0.883. The maximum atomic E-state index is 11.8. The number of halogens is 3. The molecule has 0 aliphatic carbocycles. The fourth-order valence-corrected chi connectivity index (χ4v) is 1.29. The molecule has 0 atom stereocenters. The van der Waals surface area contributed by atoms with Crippen molar-refractivity contribution in [3.63, 3.8) is 0 Å². The first kappa shape index (κ1) is 10.4. The average molecular weight is 253 g/mol. The molecule has 13 heavy (non-hydrogen) atoms. The number of ether oxygens (including phenoxy) is 1. The lowest BCUT2D eigenvalue weighted by Crippen LogP contribution is -2.04. The first-order valence-corrected chi connectivity index (χ1v) is 4.27. The van der Waals surface area contributed by atoms with E-state index in [0.717, 1.165) is 0 Å². The van der Waals surface area contributed by atoms with Crippen molar-refractivity contribution in [3.05, 3.63) is 28.2 Å². The van der Waals surface area contributed by atoms with E-state index in [9.17, 15) is 8.78 Å². The molecule has 0 saturated carbocycles. The van der Waals surface area contributed by atoms with E-state index >= 15 is 0 Å². The Balaban J connectivity index is 2.92. The van der Waals surface area contributed by atoms with Gasteiger partial charge in [-0.1, -0.05) is 15.9 Å². The summed E-state index contributed by atoms with van der Waals surface area (Å²) in [4.78, 5) is 0. The second-order valence-electron chi connectivity index (χ2n) is 2.29. The number of rotatable bonds is 3. The van der Waals surface area contributed by atoms with Crippen LogP contribution in [0.3, 0.4) is 0 Å². The van der Waals surface area contributed by atoms with E-state index in [1.165, 1.54) is 12.1 Å². The van der Waals surface area contributed by atoms with Gasteiger partial charge in [-0.2, -0.15) is 8.78 Å². The summed E-state index contributed by atoms with van der Waals surface area (Å²) in [5.74, 6) is 0.000648. The third-order valence-corrected chi connectivity index (χ3v) is 1.90. The van der Waals surface area contributed by atoms with Crippen LogP contribution in [0.1, 0.15) is 5.56 Å². The molecule has 0 aromatic heterocycles. The van der Waals surface area contributed by atoms with Crippen LogP contribution < -0.4 is 4.74 Å². The molecule has 1 aromatic carbocycles. The van der Waals surface area contributed by atoms with Crippen LogP contribution in [0.5, 0.6) is 5.75 Å². The zero-order chi connectivity index (χ0) is 9.84. The van der Waals surface area contributed by atoms with Gasteiger partial charge in [-0.3, -0.25) is 0 Å². The van der Waals surface area contributed by atoms with E-state index in [0.29, 0.717) is 10.0 Å². The lowest BCUT2D eigenvalue weighted by atomic mass is 10.2. The number of benzene rings is 1. The number of aliphatic hydroxyl groups excluding tert-OH is 1. The number of hydrogen-bond donors (Lipinski definition) is 1. The molecule has 0 fully saturated rings. The first-order valence-electron chi connectivity index (χ1n) is 3.47. The lowest BCUT2D eigenvalue weighted by Gasteiger charge is -2.08. The van der Waals surface area contributed by atoms with E-state index in [1.54, 1.807) is 6.07 Å². The van der Waals surface area contributed by atoms with Crippen molar-refractivity contribution in [2.75, 3.05) is 0 Å². The minimum absolute atomic E-state index is 0.000648. The highest BCUT2D eigenvalue weighted by Gasteiger charge is 2.08. The maximum absolute atomic E-state index is 11.8. The second-order valence-corrected chi connectivity index (χ2v) is 3.20. The van der Waals surface area contributed by atoms with Crippen LogP contribution in [0.25, 0.3) is 0 Å². The lowest BCUT2D eigenvalue weighted by molar-refractivity contribution is -0.0509. The van der Waals surface area contributed by atoms with Gasteiger partial charge in [-0.25, -0.2) is 0 Å². The summed E-state index contributed by atoms with van der Waals surface area (Å²) in [6.07, 6.45) is 0. The van der Waals surface area contributed by atoms with E-state index in [2.05, 4.69) is 20.7 Å². The van der Waals surface area contributed by atoms with E-state index in [1.807, 2.05) is 0 Å². The van der Waals surface area contributed by atoms with Crippen LogP contribution in [0.15, 0.2) is 22.7 Å². The SMILES string of the molecule is OCc1cc(Br)ccc1OC(F)F. The van der Waals surface area contributed by atoms with E-state index in [-0.39, 0.29) is 12.4 Å². The molecule has 1 rings (SSSR count). The molecular weight excluding hydrogens is 246 g/mol. The Hall–Kier alpha value is -0.680. The van der Waals surface area contributed by atoms with Gasteiger partial charge in [0.2, 0.25) is 0 Å². The molecule has 0 spiro atoms. The van der Waals surface area contributed by atoms with Crippen LogP contribution in [-0.2, 0) is 6.61 Å². The Morgan fingerprint density at radius 1 is 1.46 bits per heavy atom. The van der Waals surface area contributed by atoms with Gasteiger partial charge >= 0.3 is 6.61 Å². The summed E-state index contributed by atoms with van der Waals surface area (Å²) in [6.45, 7) is -3.20. The van der Waals surface area contributed by atoms with Crippen LogP contribution in [-0.4, -0.2) is 11.7 Å². The molecule has 5 heteroatoms. The Kier molecular flexibility index (Phi) is 3.62. The summed E-state index contributed by atoms with van der Waals surface area (Å²) >= 11 is 3.15. The highest BCUT2D eigenvalue weighted by atomic mass is 79.9. The largest absolute Gasteiger partial charge is 0.434 e. The maximum Gasteiger partial charge on any atom is 0.387 e. The van der Waals surface area contributed by atoms with Crippen molar-refractivity contribution >= 4 is 15.9 Å². The normalized spacial score (nSPS) is 10.5. The highest BCUT2D eigenvalue weighted by Crippen LogP contribution is 2.24. The molecule has 0 aliphatic heterocycles. The molecule has 0 aliphatic rings. The van der Waals surface area contributed by atoms with Crippen LogP contribution in [0.4, 0.5) is 8.78 Å². The Morgan fingerprint density at radius 2 is 2.15 bits per heavy atom. The van der Waals surface area contributed by atoms with Crippen molar-refractivity contribution in [1.82, 2.24) is 0 Å². The summed E-state index contributed by atoms with van der Waals surface area (Å²) in [5.41, 5.74) is 0.328. The molecule has 0 unspecified atom stereocenters. The predicted octanol–water partition coefficient (Wildman–Crippen LogP) is 2.54. The minimum Gasteiger partial charge on any atom is -0.434 e. The van der Waals surface area contributed by atoms with E-state index in [4.69, 9.17) is 5.11 Å². The Bertz CT molecular complexity index is 291. The molecule has 1 N–H and O–H groups in total. The van der Waals surface area contributed by atoms with Gasteiger partial charge in [-0.15, -0.1) is 0 Å². The third-order valence-electron chi connectivity index (χ3n) is 1.41. The van der Waals surface area contributed by atoms with Crippen molar-refractivity contribution in [2.24, 2.45) is 0 Å². The molecule has 2 nitrogen and oxygen atoms in total. The smallest absolute Gasteiger partial charge is 0.387 e. The molecule has 0 saturated heterocycles. The topological polar surface area (TPSA) is 29.5 Å². The molecule has 0 heterocycles. The van der Waals surface area contributed by atoms with Crippen LogP contribution >= 0.6 is 15.9 Å². The zero-order valence-electron chi connectivity index (χ0n) is 6.51. The fraction of sp³-hybridized carbons (Fsp3) is 0.250. The zero-order valence-corrected chi connectivity index (χ0v) is 8.09. The van der Waals surface area contributed by atoms with Gasteiger partial charge in [0, 0.05) is 10.0 Å². The molecule has 72 valence electrons. The molecule has 1 aromatic rings. The Labute approximate surface area is 82.3 Å². The van der Waals surface area contributed by atoms with Gasteiger partial charge in [0.15, 0.2) is 0 Å². The molecule has 0 amide bonds. The summed E-state index contributed by atoms with van der Waals surface area (Å²) in [5, 5.41) is 8.81. The molecule has 0 radical (unpaired) electrons. The monoisotopic (exact) mass is 252 g/mol. The second kappa shape index (κ2) is 4.53.